The molecule has 0 spiro atoms. The van der Waals surface area contributed by atoms with Crippen molar-refractivity contribution in [3.8, 4) is 5.75 Å². The average Bonchev–Trinajstić information content (AvgIpc) is 2.50. The van der Waals surface area contributed by atoms with E-state index in [9.17, 15) is 8.42 Å². The normalized spacial score (nSPS) is 11.4. The summed E-state index contributed by atoms with van der Waals surface area (Å²) in [7, 11) is -3.53. The van der Waals surface area contributed by atoms with Gasteiger partial charge in [-0.2, -0.15) is 0 Å². The average molecular weight is 374 g/mol. The van der Waals surface area contributed by atoms with Gasteiger partial charge >= 0.3 is 0 Å². The fourth-order valence-corrected chi connectivity index (χ4v) is 3.72. The molecular weight excluding hydrogens is 357 g/mol. The van der Waals surface area contributed by atoms with E-state index >= 15 is 0 Å². The molecule has 2 aromatic rings. The number of halogens is 2. The second-order valence-electron chi connectivity index (χ2n) is 4.86. The first-order valence-electron chi connectivity index (χ1n) is 7.03. The highest BCUT2D eigenvalue weighted by atomic mass is 35.5. The van der Waals surface area contributed by atoms with Crippen LogP contribution in [0.15, 0.2) is 42.5 Å². The molecule has 0 saturated carbocycles. The summed E-state index contributed by atoms with van der Waals surface area (Å²) in [4.78, 5) is 0. The van der Waals surface area contributed by atoms with Crippen LogP contribution in [0.2, 0.25) is 10.0 Å². The third-order valence-electron chi connectivity index (χ3n) is 3.12. The van der Waals surface area contributed by atoms with Gasteiger partial charge in [-0.1, -0.05) is 47.5 Å². The van der Waals surface area contributed by atoms with Crippen LogP contribution in [0.25, 0.3) is 0 Å². The topological polar surface area (TPSA) is 55.4 Å². The second kappa shape index (κ2) is 8.02. The van der Waals surface area contributed by atoms with E-state index in [2.05, 4.69) is 4.72 Å². The van der Waals surface area contributed by atoms with E-state index < -0.39 is 10.0 Å². The number of sulfonamides is 1. The quantitative estimate of drug-likeness (QED) is 0.797. The lowest BCUT2D eigenvalue weighted by Crippen LogP contribution is -2.25. The fraction of sp³-hybridized carbons (Fsp3) is 0.250. The van der Waals surface area contributed by atoms with Crippen LogP contribution in [0.4, 0.5) is 0 Å². The SMILES string of the molecule is CCOc1ccccc1CNS(=O)(=O)Cc1ccc(Cl)cc1Cl. The highest BCUT2D eigenvalue weighted by Crippen LogP contribution is 2.23. The molecule has 2 aromatic carbocycles. The molecular formula is C16H17Cl2NO3S. The first kappa shape index (κ1) is 18.1. The van der Waals surface area contributed by atoms with Gasteiger partial charge in [0, 0.05) is 22.2 Å². The molecule has 0 amide bonds. The molecule has 124 valence electrons. The number of nitrogens with one attached hydrogen (secondary N) is 1. The molecule has 4 nitrogen and oxygen atoms in total. The van der Waals surface area contributed by atoms with E-state index in [4.69, 9.17) is 27.9 Å². The second-order valence-corrected chi connectivity index (χ2v) is 7.51. The molecule has 0 aliphatic rings. The van der Waals surface area contributed by atoms with Gasteiger partial charge in [-0.25, -0.2) is 13.1 Å². The van der Waals surface area contributed by atoms with E-state index in [1.807, 2.05) is 31.2 Å². The molecule has 7 heteroatoms. The molecule has 0 aromatic heterocycles. The summed E-state index contributed by atoms with van der Waals surface area (Å²) >= 11 is 11.8. The van der Waals surface area contributed by atoms with E-state index in [-0.39, 0.29) is 12.3 Å². The molecule has 0 bridgehead atoms. The fourth-order valence-electron chi connectivity index (χ4n) is 2.03. The zero-order valence-corrected chi connectivity index (χ0v) is 14.9. The smallest absolute Gasteiger partial charge is 0.216 e. The van der Waals surface area contributed by atoms with Gasteiger partial charge in [-0.3, -0.25) is 0 Å². The minimum atomic E-state index is -3.53. The number of hydrogen-bond donors (Lipinski definition) is 1. The Morgan fingerprint density at radius 1 is 1.09 bits per heavy atom. The van der Waals surface area contributed by atoms with Gasteiger partial charge in [-0.15, -0.1) is 0 Å². The van der Waals surface area contributed by atoms with Crippen LogP contribution in [0.5, 0.6) is 5.75 Å². The van der Waals surface area contributed by atoms with Crippen molar-refractivity contribution >= 4 is 33.2 Å². The number of benzene rings is 2. The lowest BCUT2D eigenvalue weighted by Gasteiger charge is -2.12. The van der Waals surface area contributed by atoms with Gasteiger partial charge in [0.15, 0.2) is 0 Å². The largest absolute Gasteiger partial charge is 0.494 e. The minimum Gasteiger partial charge on any atom is -0.494 e. The Balaban J connectivity index is 2.07. The molecule has 0 radical (unpaired) electrons. The molecule has 0 saturated heterocycles. The summed E-state index contributed by atoms with van der Waals surface area (Å²) < 4.78 is 32.5. The number of hydrogen-bond acceptors (Lipinski definition) is 3. The van der Waals surface area contributed by atoms with Crippen LogP contribution in [0.3, 0.4) is 0 Å². The molecule has 0 aliphatic heterocycles. The van der Waals surface area contributed by atoms with Crippen molar-refractivity contribution in [3.63, 3.8) is 0 Å². The summed E-state index contributed by atoms with van der Waals surface area (Å²) in [5.74, 6) is 0.460. The van der Waals surface area contributed by atoms with Gasteiger partial charge in [0.1, 0.15) is 5.75 Å². The van der Waals surface area contributed by atoms with Crippen molar-refractivity contribution in [2.75, 3.05) is 6.61 Å². The van der Waals surface area contributed by atoms with Crippen molar-refractivity contribution in [2.24, 2.45) is 0 Å². The van der Waals surface area contributed by atoms with Crippen LogP contribution in [-0.4, -0.2) is 15.0 Å². The van der Waals surface area contributed by atoms with E-state index in [1.54, 1.807) is 12.1 Å². The monoisotopic (exact) mass is 373 g/mol. The molecule has 0 atom stereocenters. The first-order valence-corrected chi connectivity index (χ1v) is 9.44. The minimum absolute atomic E-state index is 0.156. The Labute approximate surface area is 146 Å². The Hall–Kier alpha value is -1.27. The predicted molar refractivity (Wildman–Crippen MR) is 93.5 cm³/mol. The molecule has 0 heterocycles. The number of rotatable bonds is 7. The summed E-state index contributed by atoms with van der Waals surface area (Å²) in [6.07, 6.45) is 0. The standard InChI is InChI=1S/C16H17Cl2NO3S/c1-2-22-16-6-4-3-5-12(16)10-19-23(20,21)11-13-7-8-14(17)9-15(13)18/h3-9,19H,2,10-11H2,1H3. The third-order valence-corrected chi connectivity index (χ3v) is 4.98. The molecule has 0 aliphatic carbocycles. The Bertz CT molecular complexity index is 779. The summed E-state index contributed by atoms with van der Waals surface area (Å²) in [5, 5.41) is 0.798. The third kappa shape index (κ3) is 5.39. The predicted octanol–water partition coefficient (Wildman–Crippen LogP) is 4.01. The Kier molecular flexibility index (Phi) is 6.30. The van der Waals surface area contributed by atoms with Crippen LogP contribution >= 0.6 is 23.2 Å². The first-order chi connectivity index (χ1) is 10.9. The molecule has 0 unspecified atom stereocenters. The van der Waals surface area contributed by atoms with Gasteiger partial charge < -0.3 is 4.74 Å². The highest BCUT2D eigenvalue weighted by Gasteiger charge is 2.15. The van der Waals surface area contributed by atoms with E-state index in [0.29, 0.717) is 28.0 Å². The zero-order chi connectivity index (χ0) is 16.9. The maximum Gasteiger partial charge on any atom is 0.216 e. The Morgan fingerprint density at radius 3 is 2.52 bits per heavy atom. The van der Waals surface area contributed by atoms with Crippen molar-refractivity contribution in [3.05, 3.63) is 63.6 Å². The van der Waals surface area contributed by atoms with Gasteiger partial charge in [-0.05, 0) is 30.7 Å². The molecule has 0 fully saturated rings. The van der Waals surface area contributed by atoms with Crippen molar-refractivity contribution in [1.29, 1.82) is 0 Å². The van der Waals surface area contributed by atoms with Crippen LogP contribution in [0, 0.1) is 0 Å². The maximum absolute atomic E-state index is 12.2. The molecule has 23 heavy (non-hydrogen) atoms. The Morgan fingerprint density at radius 2 is 1.83 bits per heavy atom. The van der Waals surface area contributed by atoms with E-state index in [0.717, 1.165) is 5.56 Å². The summed E-state index contributed by atoms with van der Waals surface area (Å²) in [6.45, 7) is 2.55. The van der Waals surface area contributed by atoms with Crippen molar-refractivity contribution < 1.29 is 13.2 Å². The van der Waals surface area contributed by atoms with Crippen LogP contribution in [0.1, 0.15) is 18.1 Å². The summed E-state index contributed by atoms with van der Waals surface area (Å²) in [6, 6.07) is 12.1. The van der Waals surface area contributed by atoms with Gasteiger partial charge in [0.2, 0.25) is 10.0 Å². The van der Waals surface area contributed by atoms with Crippen LogP contribution in [-0.2, 0) is 22.3 Å². The lowest BCUT2D eigenvalue weighted by atomic mass is 10.2. The number of para-hydroxylation sites is 1. The van der Waals surface area contributed by atoms with Crippen LogP contribution < -0.4 is 9.46 Å². The van der Waals surface area contributed by atoms with Gasteiger partial charge in [0.05, 0.1) is 12.4 Å². The highest BCUT2D eigenvalue weighted by molar-refractivity contribution is 7.88. The number of ether oxygens (including phenoxy) is 1. The maximum atomic E-state index is 12.2. The summed E-state index contributed by atoms with van der Waals surface area (Å²) in [5.41, 5.74) is 1.28. The van der Waals surface area contributed by atoms with Crippen molar-refractivity contribution in [2.45, 2.75) is 19.2 Å². The molecule has 2 rings (SSSR count). The molecule has 1 N–H and O–H groups in total. The lowest BCUT2D eigenvalue weighted by molar-refractivity contribution is 0.336. The zero-order valence-electron chi connectivity index (χ0n) is 12.6. The van der Waals surface area contributed by atoms with Gasteiger partial charge in [0.25, 0.3) is 0 Å². The van der Waals surface area contributed by atoms with E-state index in [1.165, 1.54) is 6.07 Å². The van der Waals surface area contributed by atoms with Crippen molar-refractivity contribution in [1.82, 2.24) is 4.72 Å².